The van der Waals surface area contributed by atoms with Crippen LogP contribution in [0, 0.1) is 0 Å². The highest BCUT2D eigenvalue weighted by atomic mass is 16.2. The number of pyridine rings is 1. The first-order valence-electron chi connectivity index (χ1n) is 9.33. The van der Waals surface area contributed by atoms with Gasteiger partial charge in [-0.05, 0) is 24.6 Å². The number of hydrogen-bond acceptors (Lipinski definition) is 5. The van der Waals surface area contributed by atoms with Crippen molar-refractivity contribution in [2.45, 2.75) is 19.0 Å². The van der Waals surface area contributed by atoms with Gasteiger partial charge in [0.1, 0.15) is 5.69 Å². The lowest BCUT2D eigenvalue weighted by Gasteiger charge is -2.37. The second-order valence-corrected chi connectivity index (χ2v) is 7.05. The summed E-state index contributed by atoms with van der Waals surface area (Å²) in [6.07, 6.45) is 4.23. The van der Waals surface area contributed by atoms with Gasteiger partial charge in [0.2, 0.25) is 5.91 Å². The van der Waals surface area contributed by atoms with Crippen molar-refractivity contribution >= 4 is 11.8 Å². The zero-order valence-electron chi connectivity index (χ0n) is 15.5. The van der Waals surface area contributed by atoms with Crippen molar-refractivity contribution < 1.29 is 9.59 Å². The van der Waals surface area contributed by atoms with Crippen LogP contribution in [0.25, 0.3) is 0 Å². The molecule has 8 nitrogen and oxygen atoms in total. The molecular formula is C19H24N6O2. The van der Waals surface area contributed by atoms with Gasteiger partial charge in [-0.25, -0.2) is 0 Å². The summed E-state index contributed by atoms with van der Waals surface area (Å²) in [6.45, 7) is 4.03. The van der Waals surface area contributed by atoms with Gasteiger partial charge in [-0.2, -0.15) is 5.10 Å². The van der Waals surface area contributed by atoms with Crippen molar-refractivity contribution in [2.24, 2.45) is 7.05 Å². The predicted molar refractivity (Wildman–Crippen MR) is 98.7 cm³/mol. The molecule has 1 atom stereocenters. The van der Waals surface area contributed by atoms with Crippen molar-refractivity contribution in [1.82, 2.24) is 29.5 Å². The molecule has 2 amide bonds. The summed E-state index contributed by atoms with van der Waals surface area (Å²) in [6, 6.07) is 7.43. The van der Waals surface area contributed by atoms with Gasteiger partial charge in [-0.3, -0.25) is 24.2 Å². The van der Waals surface area contributed by atoms with Gasteiger partial charge in [0, 0.05) is 52.2 Å². The summed E-state index contributed by atoms with van der Waals surface area (Å²) >= 11 is 0. The van der Waals surface area contributed by atoms with E-state index in [-0.39, 0.29) is 17.9 Å². The fraction of sp³-hybridized carbons (Fsp3) is 0.474. The van der Waals surface area contributed by atoms with E-state index >= 15 is 0 Å². The summed E-state index contributed by atoms with van der Waals surface area (Å²) < 4.78 is 1.60. The summed E-state index contributed by atoms with van der Waals surface area (Å²) in [4.78, 5) is 35.7. The number of likely N-dealkylation sites (tertiary alicyclic amines) is 1. The molecule has 2 aromatic rings. The number of rotatable bonds is 4. The van der Waals surface area contributed by atoms with Crippen LogP contribution in [-0.4, -0.2) is 80.0 Å². The SMILES string of the molecule is Cn1nccc1C(=O)N1CCN(C2CCN(Cc3ccccn3)C2=O)CC1. The second-order valence-electron chi connectivity index (χ2n) is 7.05. The molecule has 1 unspecified atom stereocenters. The molecule has 2 aliphatic rings. The Labute approximate surface area is 158 Å². The van der Waals surface area contributed by atoms with Crippen LogP contribution in [0.5, 0.6) is 0 Å². The highest BCUT2D eigenvalue weighted by Crippen LogP contribution is 2.21. The Kier molecular flexibility index (Phi) is 4.89. The zero-order valence-corrected chi connectivity index (χ0v) is 15.5. The van der Waals surface area contributed by atoms with E-state index in [1.165, 1.54) is 0 Å². The van der Waals surface area contributed by atoms with E-state index in [9.17, 15) is 9.59 Å². The number of carbonyl (C=O) groups excluding carboxylic acids is 2. The lowest BCUT2D eigenvalue weighted by atomic mass is 10.1. The normalized spacial score (nSPS) is 21.1. The molecule has 2 saturated heterocycles. The molecule has 4 heterocycles. The molecule has 8 heteroatoms. The lowest BCUT2D eigenvalue weighted by Crippen LogP contribution is -2.54. The molecule has 0 saturated carbocycles. The van der Waals surface area contributed by atoms with Gasteiger partial charge in [0.05, 0.1) is 18.3 Å². The predicted octanol–water partition coefficient (Wildman–Crippen LogP) is 0.374. The minimum atomic E-state index is -0.0809. The first kappa shape index (κ1) is 17.7. The number of nitrogens with zero attached hydrogens (tertiary/aromatic N) is 6. The third-order valence-electron chi connectivity index (χ3n) is 5.43. The molecule has 2 aromatic heterocycles. The average Bonchev–Trinajstić information content (AvgIpc) is 3.28. The first-order chi connectivity index (χ1) is 13.1. The Morgan fingerprint density at radius 3 is 2.59 bits per heavy atom. The standard InChI is InChI=1S/C19H24N6O2/c1-22-16(5-8-21-22)18(26)24-12-10-23(11-13-24)17-6-9-25(19(17)27)14-15-4-2-3-7-20-15/h2-5,7-8,17H,6,9-14H2,1H3. The minimum Gasteiger partial charge on any atom is -0.335 e. The molecule has 4 rings (SSSR count). The van der Waals surface area contributed by atoms with Crippen LogP contribution in [0.3, 0.4) is 0 Å². The van der Waals surface area contributed by atoms with Crippen LogP contribution in [-0.2, 0) is 18.4 Å². The Balaban J connectivity index is 1.33. The number of aryl methyl sites for hydroxylation is 1. The van der Waals surface area contributed by atoms with E-state index in [0.29, 0.717) is 25.3 Å². The molecule has 27 heavy (non-hydrogen) atoms. The van der Waals surface area contributed by atoms with Gasteiger partial charge >= 0.3 is 0 Å². The molecule has 142 valence electrons. The topological polar surface area (TPSA) is 74.6 Å². The first-order valence-corrected chi connectivity index (χ1v) is 9.33. The Morgan fingerprint density at radius 2 is 1.93 bits per heavy atom. The number of carbonyl (C=O) groups is 2. The summed E-state index contributed by atoms with van der Waals surface area (Å²) in [5.41, 5.74) is 1.51. The van der Waals surface area contributed by atoms with Crippen LogP contribution < -0.4 is 0 Å². The zero-order chi connectivity index (χ0) is 18.8. The second kappa shape index (κ2) is 7.48. The van der Waals surface area contributed by atoms with Crippen LogP contribution in [0.2, 0.25) is 0 Å². The molecule has 0 aliphatic carbocycles. The van der Waals surface area contributed by atoms with E-state index in [0.717, 1.165) is 31.7 Å². The van der Waals surface area contributed by atoms with Crippen LogP contribution >= 0.6 is 0 Å². The number of hydrogen-bond donors (Lipinski definition) is 0. The maximum atomic E-state index is 12.8. The maximum absolute atomic E-state index is 12.8. The van der Waals surface area contributed by atoms with E-state index in [1.807, 2.05) is 28.0 Å². The number of aromatic nitrogens is 3. The largest absolute Gasteiger partial charge is 0.335 e. The summed E-state index contributed by atoms with van der Waals surface area (Å²) in [5.74, 6) is 0.177. The van der Waals surface area contributed by atoms with Crippen LogP contribution in [0.1, 0.15) is 22.6 Å². The number of amides is 2. The molecule has 0 N–H and O–H groups in total. The third kappa shape index (κ3) is 3.57. The lowest BCUT2D eigenvalue weighted by molar-refractivity contribution is -0.133. The van der Waals surface area contributed by atoms with E-state index in [1.54, 1.807) is 30.2 Å². The summed E-state index contributed by atoms with van der Waals surface area (Å²) in [5, 5.41) is 4.07. The molecule has 2 aliphatic heterocycles. The molecule has 0 spiro atoms. The fourth-order valence-electron chi connectivity index (χ4n) is 3.89. The monoisotopic (exact) mass is 368 g/mol. The van der Waals surface area contributed by atoms with Crippen molar-refractivity contribution in [3.05, 3.63) is 48.0 Å². The van der Waals surface area contributed by atoms with E-state index < -0.39 is 0 Å². The van der Waals surface area contributed by atoms with Crippen molar-refractivity contribution in [2.75, 3.05) is 32.7 Å². The third-order valence-corrected chi connectivity index (χ3v) is 5.43. The van der Waals surface area contributed by atoms with Gasteiger partial charge in [-0.1, -0.05) is 6.07 Å². The van der Waals surface area contributed by atoms with Gasteiger partial charge in [0.25, 0.3) is 5.91 Å². The molecule has 0 aromatic carbocycles. The van der Waals surface area contributed by atoms with Crippen molar-refractivity contribution in [1.29, 1.82) is 0 Å². The van der Waals surface area contributed by atoms with Crippen LogP contribution in [0.4, 0.5) is 0 Å². The average molecular weight is 368 g/mol. The highest BCUT2D eigenvalue weighted by Gasteiger charge is 2.37. The quantitative estimate of drug-likeness (QED) is 0.780. The Bertz CT molecular complexity index is 813. The van der Waals surface area contributed by atoms with E-state index in [4.69, 9.17) is 0 Å². The summed E-state index contributed by atoms with van der Waals surface area (Å²) in [7, 11) is 1.77. The Hall–Kier alpha value is -2.74. The van der Waals surface area contributed by atoms with Crippen molar-refractivity contribution in [3.8, 4) is 0 Å². The minimum absolute atomic E-state index is 0.00387. The van der Waals surface area contributed by atoms with Gasteiger partial charge < -0.3 is 9.80 Å². The van der Waals surface area contributed by atoms with Crippen molar-refractivity contribution in [3.63, 3.8) is 0 Å². The van der Waals surface area contributed by atoms with Gasteiger partial charge in [-0.15, -0.1) is 0 Å². The van der Waals surface area contributed by atoms with Gasteiger partial charge in [0.15, 0.2) is 0 Å². The number of piperazine rings is 1. The molecule has 0 radical (unpaired) electrons. The van der Waals surface area contributed by atoms with E-state index in [2.05, 4.69) is 15.0 Å². The maximum Gasteiger partial charge on any atom is 0.272 e. The molecular weight excluding hydrogens is 344 g/mol. The van der Waals surface area contributed by atoms with Crippen LogP contribution in [0.15, 0.2) is 36.7 Å². The molecule has 0 bridgehead atoms. The fourth-order valence-corrected chi connectivity index (χ4v) is 3.89. The smallest absolute Gasteiger partial charge is 0.272 e. The molecule has 2 fully saturated rings. The Morgan fingerprint density at radius 1 is 1.11 bits per heavy atom. The highest BCUT2D eigenvalue weighted by molar-refractivity contribution is 5.92.